The van der Waals surface area contributed by atoms with Gasteiger partial charge in [0.25, 0.3) is 0 Å². The number of fused-ring (bicyclic) bond motifs is 3. The number of thiocarbonyl (C=S) groups is 1. The van der Waals surface area contributed by atoms with E-state index in [4.69, 9.17) is 12.2 Å². The SMILES string of the molecule is FC(F)(F)c1cccc(NC(=S)Nc2cc3cccnc3c3cccnc23)c1. The van der Waals surface area contributed by atoms with Crippen LogP contribution in [-0.2, 0) is 6.18 Å². The average molecular weight is 398 g/mol. The maximum Gasteiger partial charge on any atom is 0.416 e. The van der Waals surface area contributed by atoms with Crippen molar-refractivity contribution in [2.75, 3.05) is 10.6 Å². The molecule has 0 saturated heterocycles. The third-order valence-electron chi connectivity index (χ3n) is 4.15. The third-order valence-corrected chi connectivity index (χ3v) is 4.36. The number of alkyl halides is 3. The van der Waals surface area contributed by atoms with Gasteiger partial charge in [-0.2, -0.15) is 13.2 Å². The molecular weight excluding hydrogens is 385 g/mol. The minimum Gasteiger partial charge on any atom is -0.332 e. The van der Waals surface area contributed by atoms with E-state index < -0.39 is 11.7 Å². The molecule has 0 bridgehead atoms. The summed E-state index contributed by atoms with van der Waals surface area (Å²) in [5.74, 6) is 0. The van der Waals surface area contributed by atoms with Crippen molar-refractivity contribution in [2.45, 2.75) is 6.18 Å². The number of nitrogens with zero attached hydrogens (tertiary/aromatic N) is 2. The van der Waals surface area contributed by atoms with Gasteiger partial charge >= 0.3 is 6.18 Å². The van der Waals surface area contributed by atoms with Gasteiger partial charge in [-0.3, -0.25) is 9.97 Å². The molecule has 2 heterocycles. The summed E-state index contributed by atoms with van der Waals surface area (Å²) in [6, 6.07) is 14.2. The highest BCUT2D eigenvalue weighted by atomic mass is 32.1. The van der Waals surface area contributed by atoms with E-state index in [1.807, 2.05) is 30.3 Å². The van der Waals surface area contributed by atoms with Crippen molar-refractivity contribution in [2.24, 2.45) is 0 Å². The number of anilines is 2. The van der Waals surface area contributed by atoms with Gasteiger partial charge in [-0.05, 0) is 54.7 Å². The fourth-order valence-electron chi connectivity index (χ4n) is 2.95. The van der Waals surface area contributed by atoms with E-state index in [2.05, 4.69) is 20.6 Å². The van der Waals surface area contributed by atoms with Crippen LogP contribution < -0.4 is 10.6 Å². The second kappa shape index (κ2) is 7.05. The van der Waals surface area contributed by atoms with Gasteiger partial charge in [-0.25, -0.2) is 0 Å². The molecule has 0 aliphatic rings. The Kier molecular flexibility index (Phi) is 4.56. The van der Waals surface area contributed by atoms with Gasteiger partial charge in [0.05, 0.1) is 22.3 Å². The molecule has 0 amide bonds. The van der Waals surface area contributed by atoms with Crippen molar-refractivity contribution < 1.29 is 13.2 Å². The Morgan fingerprint density at radius 1 is 0.857 bits per heavy atom. The van der Waals surface area contributed by atoms with Crippen LogP contribution in [0.5, 0.6) is 0 Å². The zero-order chi connectivity index (χ0) is 19.7. The van der Waals surface area contributed by atoms with Crippen molar-refractivity contribution in [1.82, 2.24) is 9.97 Å². The predicted octanol–water partition coefficient (Wildman–Crippen LogP) is 5.61. The van der Waals surface area contributed by atoms with Crippen molar-refractivity contribution >= 4 is 50.5 Å². The fourth-order valence-corrected chi connectivity index (χ4v) is 3.18. The van der Waals surface area contributed by atoms with E-state index >= 15 is 0 Å². The molecule has 0 aliphatic heterocycles. The molecule has 140 valence electrons. The van der Waals surface area contributed by atoms with Crippen molar-refractivity contribution in [3.05, 3.63) is 72.6 Å². The van der Waals surface area contributed by atoms with Gasteiger partial charge in [-0.15, -0.1) is 0 Å². The minimum absolute atomic E-state index is 0.162. The normalized spacial score (nSPS) is 11.5. The van der Waals surface area contributed by atoms with Crippen LogP contribution in [0.1, 0.15) is 5.56 Å². The average Bonchev–Trinajstić information content (AvgIpc) is 2.68. The summed E-state index contributed by atoms with van der Waals surface area (Å²) in [6.45, 7) is 0. The molecule has 2 N–H and O–H groups in total. The van der Waals surface area contributed by atoms with Crippen molar-refractivity contribution in [3.63, 3.8) is 0 Å². The number of benzene rings is 2. The molecule has 8 heteroatoms. The topological polar surface area (TPSA) is 49.8 Å². The molecule has 0 spiro atoms. The summed E-state index contributed by atoms with van der Waals surface area (Å²) in [4.78, 5) is 8.81. The number of nitrogens with one attached hydrogen (secondary N) is 2. The minimum atomic E-state index is -4.42. The molecule has 28 heavy (non-hydrogen) atoms. The molecule has 2 aromatic carbocycles. The summed E-state index contributed by atoms with van der Waals surface area (Å²) >= 11 is 5.29. The van der Waals surface area contributed by atoms with E-state index in [1.165, 1.54) is 12.1 Å². The largest absolute Gasteiger partial charge is 0.416 e. The van der Waals surface area contributed by atoms with Gasteiger partial charge in [0.2, 0.25) is 0 Å². The van der Waals surface area contributed by atoms with Gasteiger partial charge in [-0.1, -0.05) is 12.1 Å². The Morgan fingerprint density at radius 2 is 1.61 bits per heavy atom. The number of aromatic nitrogens is 2. The van der Waals surface area contributed by atoms with E-state index in [-0.39, 0.29) is 10.8 Å². The molecule has 4 aromatic rings. The zero-order valence-electron chi connectivity index (χ0n) is 14.3. The lowest BCUT2D eigenvalue weighted by atomic mass is 10.1. The summed E-state index contributed by atoms with van der Waals surface area (Å²) in [5.41, 5.74) is 1.62. The van der Waals surface area contributed by atoms with Crippen LogP contribution in [0.25, 0.3) is 21.8 Å². The molecule has 0 atom stereocenters. The number of hydrogen-bond acceptors (Lipinski definition) is 3. The standard InChI is InChI=1S/C20H13F3N4S/c21-20(22,23)13-5-1-6-14(11-13)26-19(28)27-16-10-12-4-2-8-24-17(12)15-7-3-9-25-18(15)16/h1-11H,(H2,26,27,28). The van der Waals surface area contributed by atoms with Crippen LogP contribution in [0, 0.1) is 0 Å². The molecule has 0 fully saturated rings. The van der Waals surface area contributed by atoms with Crippen LogP contribution in [0.2, 0.25) is 0 Å². The summed E-state index contributed by atoms with van der Waals surface area (Å²) < 4.78 is 38.7. The second-order valence-corrected chi connectivity index (χ2v) is 6.46. The van der Waals surface area contributed by atoms with Gasteiger partial charge in [0, 0.05) is 28.9 Å². The van der Waals surface area contributed by atoms with Gasteiger partial charge in [0.1, 0.15) is 0 Å². The Hall–Kier alpha value is -3.26. The lowest BCUT2D eigenvalue weighted by Crippen LogP contribution is -2.20. The first-order valence-electron chi connectivity index (χ1n) is 8.29. The first-order valence-corrected chi connectivity index (χ1v) is 8.70. The Labute approximate surface area is 163 Å². The number of pyridine rings is 2. The second-order valence-electron chi connectivity index (χ2n) is 6.06. The van der Waals surface area contributed by atoms with E-state index in [9.17, 15) is 13.2 Å². The molecule has 0 unspecified atom stereocenters. The Balaban J connectivity index is 1.65. The molecule has 4 rings (SSSR count). The van der Waals surface area contributed by atoms with Crippen LogP contribution in [0.15, 0.2) is 67.0 Å². The van der Waals surface area contributed by atoms with Crippen LogP contribution in [-0.4, -0.2) is 15.1 Å². The molecular formula is C20H13F3N4S. The molecule has 0 radical (unpaired) electrons. The third kappa shape index (κ3) is 3.59. The lowest BCUT2D eigenvalue weighted by Gasteiger charge is -2.14. The highest BCUT2D eigenvalue weighted by Gasteiger charge is 2.30. The van der Waals surface area contributed by atoms with Crippen LogP contribution in [0.3, 0.4) is 0 Å². The Morgan fingerprint density at radius 3 is 2.39 bits per heavy atom. The number of rotatable bonds is 2. The highest BCUT2D eigenvalue weighted by molar-refractivity contribution is 7.80. The lowest BCUT2D eigenvalue weighted by molar-refractivity contribution is -0.137. The van der Waals surface area contributed by atoms with Crippen molar-refractivity contribution in [3.8, 4) is 0 Å². The fraction of sp³-hybridized carbons (Fsp3) is 0.0500. The van der Waals surface area contributed by atoms with Crippen LogP contribution >= 0.6 is 12.2 Å². The number of hydrogen-bond donors (Lipinski definition) is 2. The maximum absolute atomic E-state index is 12.9. The number of halogens is 3. The molecule has 2 aromatic heterocycles. The van der Waals surface area contributed by atoms with Crippen LogP contribution in [0.4, 0.5) is 24.5 Å². The van der Waals surface area contributed by atoms with E-state index in [0.717, 1.165) is 28.4 Å². The molecule has 0 saturated carbocycles. The van der Waals surface area contributed by atoms with E-state index in [0.29, 0.717) is 11.2 Å². The summed E-state index contributed by atoms with van der Waals surface area (Å²) in [6.07, 6.45) is -1.05. The molecule has 4 nitrogen and oxygen atoms in total. The van der Waals surface area contributed by atoms with Crippen molar-refractivity contribution in [1.29, 1.82) is 0 Å². The molecule has 0 aliphatic carbocycles. The van der Waals surface area contributed by atoms with Gasteiger partial charge < -0.3 is 10.6 Å². The highest BCUT2D eigenvalue weighted by Crippen LogP contribution is 2.31. The predicted molar refractivity (Wildman–Crippen MR) is 108 cm³/mol. The summed E-state index contributed by atoms with van der Waals surface area (Å²) in [7, 11) is 0. The summed E-state index contributed by atoms with van der Waals surface area (Å²) in [5, 5.41) is 7.73. The Bertz CT molecular complexity index is 1190. The first kappa shape index (κ1) is 18.1. The first-order chi connectivity index (χ1) is 13.4. The smallest absolute Gasteiger partial charge is 0.332 e. The quantitative estimate of drug-likeness (QED) is 0.339. The van der Waals surface area contributed by atoms with E-state index in [1.54, 1.807) is 12.4 Å². The maximum atomic E-state index is 12.9. The zero-order valence-corrected chi connectivity index (χ0v) is 15.1. The van der Waals surface area contributed by atoms with Gasteiger partial charge in [0.15, 0.2) is 5.11 Å². The monoisotopic (exact) mass is 398 g/mol.